The van der Waals surface area contributed by atoms with Crippen LogP contribution >= 0.6 is 23.1 Å². The number of aliphatic hydroxyl groups is 1. The highest BCUT2D eigenvalue weighted by Gasteiger charge is 2.29. The monoisotopic (exact) mass is 248 g/mol. The molecule has 0 amide bonds. The molecule has 1 aromatic carbocycles. The number of rotatable bonds is 2. The fraction of sp³-hybridized carbons (Fsp3) is 0.231. The standard InChI is InChI=1S/C13H12OS2/c14-13(9-5-6-15-7-9)11-8-16-12-4-2-1-3-10(11)12/h1-7,11,13-14H,8H2. The van der Waals surface area contributed by atoms with Gasteiger partial charge in [0.15, 0.2) is 0 Å². The van der Waals surface area contributed by atoms with Crippen molar-refractivity contribution in [2.24, 2.45) is 0 Å². The van der Waals surface area contributed by atoms with E-state index in [-0.39, 0.29) is 12.0 Å². The van der Waals surface area contributed by atoms with Crippen LogP contribution in [0.15, 0.2) is 46.0 Å². The molecule has 1 aliphatic rings. The third-order valence-electron chi connectivity index (χ3n) is 3.00. The van der Waals surface area contributed by atoms with Crippen LogP contribution in [0.1, 0.15) is 23.1 Å². The number of hydrogen-bond acceptors (Lipinski definition) is 3. The van der Waals surface area contributed by atoms with E-state index in [1.165, 1.54) is 10.5 Å². The number of aliphatic hydroxyl groups excluding tert-OH is 1. The van der Waals surface area contributed by atoms with Crippen molar-refractivity contribution in [3.8, 4) is 0 Å². The Hall–Kier alpha value is -0.770. The van der Waals surface area contributed by atoms with E-state index in [1.807, 2.05) is 28.6 Å². The highest BCUT2D eigenvalue weighted by atomic mass is 32.2. The van der Waals surface area contributed by atoms with E-state index in [4.69, 9.17) is 0 Å². The summed E-state index contributed by atoms with van der Waals surface area (Å²) in [7, 11) is 0. The van der Waals surface area contributed by atoms with Gasteiger partial charge >= 0.3 is 0 Å². The minimum atomic E-state index is -0.359. The lowest BCUT2D eigenvalue weighted by molar-refractivity contribution is 0.154. The van der Waals surface area contributed by atoms with E-state index in [0.717, 1.165) is 11.3 Å². The van der Waals surface area contributed by atoms with Crippen molar-refractivity contribution in [3.63, 3.8) is 0 Å². The van der Waals surface area contributed by atoms with Crippen LogP contribution in [-0.2, 0) is 0 Å². The molecule has 1 aromatic heterocycles. The van der Waals surface area contributed by atoms with Crippen LogP contribution in [-0.4, -0.2) is 10.9 Å². The van der Waals surface area contributed by atoms with Gasteiger partial charge in [-0.2, -0.15) is 11.3 Å². The van der Waals surface area contributed by atoms with Gasteiger partial charge in [0.05, 0.1) is 6.10 Å². The molecule has 0 aliphatic carbocycles. The SMILES string of the molecule is OC(c1ccsc1)C1CSc2ccccc21. The first-order valence-corrected chi connectivity index (χ1v) is 7.21. The normalized spacial score (nSPS) is 20.7. The van der Waals surface area contributed by atoms with Crippen LogP contribution in [0.25, 0.3) is 0 Å². The van der Waals surface area contributed by atoms with Gasteiger partial charge in [0, 0.05) is 16.6 Å². The molecule has 3 heteroatoms. The molecule has 16 heavy (non-hydrogen) atoms. The number of benzene rings is 1. The van der Waals surface area contributed by atoms with E-state index in [9.17, 15) is 5.11 Å². The maximum atomic E-state index is 10.3. The first-order chi connectivity index (χ1) is 7.86. The van der Waals surface area contributed by atoms with Crippen LogP contribution in [0.5, 0.6) is 0 Å². The Morgan fingerprint density at radius 2 is 2.12 bits per heavy atom. The van der Waals surface area contributed by atoms with E-state index in [2.05, 4.69) is 24.3 Å². The lowest BCUT2D eigenvalue weighted by atomic mass is 9.92. The summed E-state index contributed by atoms with van der Waals surface area (Å²) >= 11 is 3.49. The lowest BCUT2D eigenvalue weighted by Gasteiger charge is -2.17. The molecule has 0 spiro atoms. The third kappa shape index (κ3) is 1.69. The van der Waals surface area contributed by atoms with Crippen LogP contribution in [0, 0.1) is 0 Å². The highest BCUT2D eigenvalue weighted by Crippen LogP contribution is 2.45. The summed E-state index contributed by atoms with van der Waals surface area (Å²) in [6, 6.07) is 10.4. The van der Waals surface area contributed by atoms with Crippen molar-refractivity contribution in [3.05, 3.63) is 52.2 Å². The Kier molecular flexibility index (Phi) is 2.75. The summed E-state index contributed by atoms with van der Waals surface area (Å²) < 4.78 is 0. The molecule has 0 saturated carbocycles. The van der Waals surface area contributed by atoms with Crippen molar-refractivity contribution < 1.29 is 5.11 Å². The van der Waals surface area contributed by atoms with E-state index in [0.29, 0.717) is 0 Å². The molecule has 0 radical (unpaired) electrons. The topological polar surface area (TPSA) is 20.2 Å². The molecule has 0 bridgehead atoms. The van der Waals surface area contributed by atoms with Crippen LogP contribution in [0.4, 0.5) is 0 Å². The van der Waals surface area contributed by atoms with Gasteiger partial charge in [-0.3, -0.25) is 0 Å². The molecular weight excluding hydrogens is 236 g/mol. The molecule has 0 saturated heterocycles. The highest BCUT2D eigenvalue weighted by molar-refractivity contribution is 7.99. The molecule has 2 aromatic rings. The van der Waals surface area contributed by atoms with Crippen molar-refractivity contribution >= 4 is 23.1 Å². The molecular formula is C13H12OS2. The zero-order valence-electron chi connectivity index (χ0n) is 8.67. The summed E-state index contributed by atoms with van der Waals surface area (Å²) in [6.45, 7) is 0. The van der Waals surface area contributed by atoms with Crippen molar-refractivity contribution in [1.82, 2.24) is 0 Å². The Labute approximate surface area is 103 Å². The minimum absolute atomic E-state index is 0.246. The molecule has 3 rings (SSSR count). The molecule has 2 heterocycles. The van der Waals surface area contributed by atoms with E-state index in [1.54, 1.807) is 11.3 Å². The second-order valence-electron chi connectivity index (χ2n) is 3.96. The van der Waals surface area contributed by atoms with Gasteiger partial charge in [0.25, 0.3) is 0 Å². The number of thioether (sulfide) groups is 1. The number of thiophene rings is 1. The predicted molar refractivity (Wildman–Crippen MR) is 69.2 cm³/mol. The first kappa shape index (κ1) is 10.4. The summed E-state index contributed by atoms with van der Waals surface area (Å²) in [4.78, 5) is 1.32. The van der Waals surface area contributed by atoms with E-state index >= 15 is 0 Å². The second-order valence-corrected chi connectivity index (χ2v) is 5.80. The zero-order chi connectivity index (χ0) is 11.0. The van der Waals surface area contributed by atoms with Gasteiger partial charge in [0.1, 0.15) is 0 Å². The van der Waals surface area contributed by atoms with Gasteiger partial charge in [-0.15, -0.1) is 11.8 Å². The summed E-state index contributed by atoms with van der Waals surface area (Å²) in [5.41, 5.74) is 2.35. The molecule has 1 aliphatic heterocycles. The Bertz CT molecular complexity index is 478. The molecule has 0 fully saturated rings. The van der Waals surface area contributed by atoms with Gasteiger partial charge in [-0.1, -0.05) is 18.2 Å². The Morgan fingerprint density at radius 1 is 1.25 bits per heavy atom. The maximum absolute atomic E-state index is 10.3. The van der Waals surface area contributed by atoms with Crippen LogP contribution in [0.3, 0.4) is 0 Å². The van der Waals surface area contributed by atoms with E-state index < -0.39 is 0 Å². The zero-order valence-corrected chi connectivity index (χ0v) is 10.3. The summed E-state index contributed by atoms with van der Waals surface area (Å²) in [6.07, 6.45) is -0.359. The molecule has 1 N–H and O–H groups in total. The fourth-order valence-corrected chi connectivity index (χ4v) is 4.10. The van der Waals surface area contributed by atoms with Crippen LogP contribution in [0.2, 0.25) is 0 Å². The van der Waals surface area contributed by atoms with Gasteiger partial charge in [-0.25, -0.2) is 0 Å². The largest absolute Gasteiger partial charge is 0.388 e. The minimum Gasteiger partial charge on any atom is -0.388 e. The quantitative estimate of drug-likeness (QED) is 0.875. The van der Waals surface area contributed by atoms with Gasteiger partial charge in [0.2, 0.25) is 0 Å². The Balaban J connectivity index is 1.93. The predicted octanol–water partition coefficient (Wildman–Crippen LogP) is 3.67. The van der Waals surface area contributed by atoms with Crippen LogP contribution < -0.4 is 0 Å². The molecule has 2 unspecified atom stereocenters. The van der Waals surface area contributed by atoms with Crippen molar-refractivity contribution in [2.75, 3.05) is 5.75 Å². The fourth-order valence-electron chi connectivity index (χ4n) is 2.12. The second kappa shape index (κ2) is 4.24. The third-order valence-corrected chi connectivity index (χ3v) is 4.91. The average molecular weight is 248 g/mol. The number of hydrogen-bond donors (Lipinski definition) is 1. The lowest BCUT2D eigenvalue weighted by Crippen LogP contribution is -2.09. The summed E-state index contributed by atoms with van der Waals surface area (Å²) in [5.74, 6) is 1.23. The Morgan fingerprint density at radius 3 is 2.94 bits per heavy atom. The van der Waals surface area contributed by atoms with Crippen molar-refractivity contribution in [2.45, 2.75) is 16.9 Å². The smallest absolute Gasteiger partial charge is 0.0875 e. The molecule has 1 nitrogen and oxygen atoms in total. The first-order valence-electron chi connectivity index (χ1n) is 5.28. The summed E-state index contributed by atoms with van der Waals surface area (Å²) in [5, 5.41) is 14.4. The molecule has 82 valence electrons. The maximum Gasteiger partial charge on any atom is 0.0875 e. The van der Waals surface area contributed by atoms with Crippen molar-refractivity contribution in [1.29, 1.82) is 0 Å². The number of fused-ring (bicyclic) bond motifs is 1. The molecule has 2 atom stereocenters. The van der Waals surface area contributed by atoms with Gasteiger partial charge in [-0.05, 0) is 34.0 Å². The van der Waals surface area contributed by atoms with Gasteiger partial charge < -0.3 is 5.11 Å². The average Bonchev–Trinajstić information content (AvgIpc) is 2.98.